The first kappa shape index (κ1) is 25.3. The van der Waals surface area contributed by atoms with Gasteiger partial charge >= 0.3 is 23.2 Å². The van der Waals surface area contributed by atoms with Crippen molar-refractivity contribution in [3.8, 4) is 0 Å². The molecule has 0 saturated heterocycles. The predicted octanol–water partition coefficient (Wildman–Crippen LogP) is -2.04. The number of aromatic amines is 1. The monoisotopic (exact) mass is 520 g/mol. The van der Waals surface area contributed by atoms with E-state index in [4.69, 9.17) is 19.6 Å². The molecule has 20 heteroatoms. The fourth-order valence-corrected chi connectivity index (χ4v) is 6.92. The van der Waals surface area contributed by atoms with Gasteiger partial charge in [-0.05, 0) is 6.42 Å². The summed E-state index contributed by atoms with van der Waals surface area (Å²) in [5.74, 6) is -1.23. The summed E-state index contributed by atoms with van der Waals surface area (Å²) in [6.45, 7) is -0.792. The van der Waals surface area contributed by atoms with E-state index >= 15 is 0 Å². The highest BCUT2D eigenvalue weighted by Crippen LogP contribution is 2.61. The van der Waals surface area contributed by atoms with Gasteiger partial charge in [-0.15, -0.1) is 0 Å². The molecule has 1 saturated carbocycles. The van der Waals surface area contributed by atoms with Gasteiger partial charge in [0.25, 0.3) is 5.56 Å². The Bertz CT molecular complexity index is 1200. The largest absolute Gasteiger partial charge is 0.476 e. The second kappa shape index (κ2) is 8.47. The Hall–Kier alpha value is -1.32. The lowest BCUT2D eigenvalue weighted by atomic mass is 9.96. The van der Waals surface area contributed by atoms with Gasteiger partial charge in [0.15, 0.2) is 11.2 Å². The van der Waals surface area contributed by atoms with Crippen molar-refractivity contribution in [2.75, 3.05) is 12.8 Å². The third-order valence-corrected chi connectivity index (χ3v) is 8.26. The van der Waals surface area contributed by atoms with E-state index in [1.54, 1.807) is 0 Å². The van der Waals surface area contributed by atoms with E-state index in [0.29, 0.717) is 0 Å². The number of rotatable bonds is 8. The molecular weight excluding hydrogens is 501 g/mol. The van der Waals surface area contributed by atoms with Crippen LogP contribution in [0.2, 0.25) is 0 Å². The van der Waals surface area contributed by atoms with Gasteiger partial charge < -0.3 is 44.2 Å². The first-order valence-corrected chi connectivity index (χ1v) is 13.4. The number of aliphatic hydroxyl groups is 2. The lowest BCUT2D eigenvalue weighted by Gasteiger charge is -2.35. The SMILES string of the molecule is O=c1[nH]cnc2c1ncn2[C@]1(CP(=O)(O)OP(=O)(O)O)C[C@H](COP(=O)(O)O)[C@@H](O)[C@H]1O. The average molecular weight is 520 g/mol. The van der Waals surface area contributed by atoms with Crippen molar-refractivity contribution in [3.05, 3.63) is 23.0 Å². The van der Waals surface area contributed by atoms with Crippen molar-refractivity contribution >= 4 is 34.4 Å². The van der Waals surface area contributed by atoms with Crippen LogP contribution in [-0.2, 0) is 28.1 Å². The van der Waals surface area contributed by atoms with Crippen molar-refractivity contribution in [3.63, 3.8) is 0 Å². The van der Waals surface area contributed by atoms with Crippen LogP contribution in [-0.4, -0.2) is 79.2 Å². The maximum atomic E-state index is 12.5. The summed E-state index contributed by atoms with van der Waals surface area (Å²) in [7, 11) is -15.6. The second-order valence-corrected chi connectivity index (χ2v) is 11.6. The average Bonchev–Trinajstić information content (AvgIpc) is 3.14. The van der Waals surface area contributed by atoms with Crippen LogP contribution < -0.4 is 5.56 Å². The molecule has 17 nitrogen and oxygen atoms in total. The molecule has 0 amide bonds. The molecule has 2 heterocycles. The lowest BCUT2D eigenvalue weighted by molar-refractivity contribution is -0.0236. The maximum absolute atomic E-state index is 12.5. The topological polar surface area (TPSA) is 275 Å². The molecule has 1 aliphatic rings. The van der Waals surface area contributed by atoms with Crippen molar-refractivity contribution in [1.29, 1.82) is 0 Å². The van der Waals surface area contributed by atoms with E-state index < -0.39 is 71.7 Å². The molecule has 1 unspecified atom stereocenters. The quantitative estimate of drug-likeness (QED) is 0.174. The number of phosphoric acid groups is 2. The number of aliphatic hydroxyl groups excluding tert-OH is 2. The van der Waals surface area contributed by atoms with Crippen LogP contribution >= 0.6 is 23.2 Å². The minimum absolute atomic E-state index is 0.215. The zero-order chi connectivity index (χ0) is 24.1. The molecular formula is C12H19N4O13P3. The van der Waals surface area contributed by atoms with Gasteiger partial charge in [0.1, 0.15) is 6.10 Å². The fourth-order valence-electron chi connectivity index (χ4n) is 3.81. The Balaban J connectivity index is 2.13. The number of aromatic nitrogens is 4. The number of phosphoric ester groups is 1. The van der Waals surface area contributed by atoms with Crippen LogP contribution in [0, 0.1) is 5.92 Å². The summed E-state index contributed by atoms with van der Waals surface area (Å²) in [4.78, 5) is 67.8. The molecule has 3 rings (SSSR count). The maximum Gasteiger partial charge on any atom is 0.476 e. The molecule has 0 bridgehead atoms. The Morgan fingerprint density at radius 2 is 1.78 bits per heavy atom. The number of fused-ring (bicyclic) bond motifs is 1. The van der Waals surface area contributed by atoms with Gasteiger partial charge in [0.05, 0.1) is 37.1 Å². The Morgan fingerprint density at radius 3 is 2.38 bits per heavy atom. The molecule has 32 heavy (non-hydrogen) atoms. The Labute approximate surface area is 177 Å². The zero-order valence-electron chi connectivity index (χ0n) is 15.8. The van der Waals surface area contributed by atoms with Crippen LogP contribution in [0.25, 0.3) is 11.2 Å². The molecule has 180 valence electrons. The van der Waals surface area contributed by atoms with Gasteiger partial charge in [-0.1, -0.05) is 0 Å². The van der Waals surface area contributed by atoms with Crippen molar-refractivity contribution in [2.45, 2.75) is 24.2 Å². The summed E-state index contributed by atoms with van der Waals surface area (Å²) >= 11 is 0. The van der Waals surface area contributed by atoms with E-state index in [0.717, 1.165) is 17.2 Å². The number of hydrogen-bond acceptors (Lipinski definition) is 10. The highest BCUT2D eigenvalue weighted by molar-refractivity contribution is 7.63. The third kappa shape index (κ3) is 5.25. The van der Waals surface area contributed by atoms with E-state index in [1.165, 1.54) is 0 Å². The molecule has 0 spiro atoms. The minimum atomic E-state index is -5.47. The highest BCUT2D eigenvalue weighted by Gasteiger charge is 2.58. The Kier molecular flexibility index (Phi) is 6.70. The van der Waals surface area contributed by atoms with Crippen LogP contribution in [0.3, 0.4) is 0 Å². The smallest absolute Gasteiger partial charge is 0.390 e. The second-order valence-electron chi connectivity index (χ2n) is 7.18. The molecule has 1 fully saturated rings. The van der Waals surface area contributed by atoms with Crippen molar-refractivity contribution in [1.82, 2.24) is 19.5 Å². The summed E-state index contributed by atoms with van der Waals surface area (Å²) < 4.78 is 44.0. The molecule has 2 aromatic heterocycles. The van der Waals surface area contributed by atoms with Gasteiger partial charge in [-0.25, -0.2) is 23.4 Å². The summed E-state index contributed by atoms with van der Waals surface area (Å²) in [6.07, 6.45) is -3.54. The normalized spacial score (nSPS) is 28.8. The van der Waals surface area contributed by atoms with Crippen molar-refractivity contribution in [2.24, 2.45) is 5.92 Å². The van der Waals surface area contributed by atoms with E-state index in [-0.39, 0.29) is 11.2 Å². The van der Waals surface area contributed by atoms with Crippen LogP contribution in [0.5, 0.6) is 0 Å². The first-order chi connectivity index (χ1) is 14.5. The van der Waals surface area contributed by atoms with Gasteiger partial charge in [0, 0.05) is 5.92 Å². The van der Waals surface area contributed by atoms with Crippen LogP contribution in [0.4, 0.5) is 0 Å². The number of nitrogens with one attached hydrogen (secondary N) is 1. The molecule has 5 atom stereocenters. The number of hydrogen-bond donors (Lipinski definition) is 8. The first-order valence-electron chi connectivity index (χ1n) is 8.61. The fraction of sp³-hybridized carbons (Fsp3) is 0.583. The van der Waals surface area contributed by atoms with Gasteiger partial charge in [-0.3, -0.25) is 13.9 Å². The number of nitrogens with zero attached hydrogens (tertiary/aromatic N) is 3. The van der Waals surface area contributed by atoms with Crippen LogP contribution in [0.15, 0.2) is 17.4 Å². The molecule has 0 aliphatic heterocycles. The molecule has 1 aliphatic carbocycles. The number of imidazole rings is 1. The van der Waals surface area contributed by atoms with E-state index in [2.05, 4.69) is 23.8 Å². The third-order valence-electron chi connectivity index (χ3n) is 4.96. The van der Waals surface area contributed by atoms with Crippen molar-refractivity contribution < 1.29 is 57.2 Å². The number of H-pyrrole nitrogens is 1. The van der Waals surface area contributed by atoms with Crippen LogP contribution in [0.1, 0.15) is 6.42 Å². The zero-order valence-corrected chi connectivity index (χ0v) is 18.5. The Morgan fingerprint density at radius 1 is 1.12 bits per heavy atom. The summed E-state index contributed by atoms with van der Waals surface area (Å²) in [6, 6.07) is 0. The summed E-state index contributed by atoms with van der Waals surface area (Å²) in [5, 5.41) is 21.3. The molecule has 2 aromatic rings. The molecule has 0 aromatic carbocycles. The predicted molar refractivity (Wildman–Crippen MR) is 102 cm³/mol. The highest BCUT2D eigenvalue weighted by atomic mass is 31.3. The standard InChI is InChI=1S/C12H19N4O13P3/c17-8-6(2-28-31(22,23)24)1-12(9(8)18,3-30(20,21)29-32(25,26)27)16-5-15-7-10(16)13-4-14-11(7)19/h4-6,8-9,17-18H,1-3H2,(H,20,21)(H,13,14,19)(H2,22,23,24)(H2,25,26,27)/t6-,8-,9-,12+/m1/s1. The minimum Gasteiger partial charge on any atom is -0.390 e. The van der Waals surface area contributed by atoms with Gasteiger partial charge in [0.2, 0.25) is 0 Å². The molecule has 8 N–H and O–H groups in total. The van der Waals surface area contributed by atoms with E-state index in [1.807, 2.05) is 0 Å². The molecule has 0 radical (unpaired) electrons. The van der Waals surface area contributed by atoms with Gasteiger partial charge in [-0.2, -0.15) is 0 Å². The lowest BCUT2D eigenvalue weighted by Crippen LogP contribution is -2.47. The van der Waals surface area contributed by atoms with E-state index in [9.17, 15) is 33.6 Å². The summed E-state index contributed by atoms with van der Waals surface area (Å²) in [5.41, 5.74) is -3.28.